The molecule has 1 aliphatic heterocycles. The van der Waals surface area contributed by atoms with Gasteiger partial charge in [-0.3, -0.25) is 4.79 Å². The van der Waals surface area contributed by atoms with E-state index in [9.17, 15) is 50.1 Å². The molecule has 290 valence electrons. The molecule has 1 saturated heterocycles. The van der Waals surface area contributed by atoms with Gasteiger partial charge < -0.3 is 63.8 Å². The summed E-state index contributed by atoms with van der Waals surface area (Å²) in [4.78, 5) is 39.7. The van der Waals surface area contributed by atoms with Gasteiger partial charge in [0.15, 0.2) is 29.5 Å². The van der Waals surface area contributed by atoms with E-state index in [1.54, 1.807) is 0 Å². The summed E-state index contributed by atoms with van der Waals surface area (Å²) < 4.78 is 33.5. The van der Waals surface area contributed by atoms with Gasteiger partial charge in [-0.15, -0.1) is 0 Å². The summed E-state index contributed by atoms with van der Waals surface area (Å²) in [5.41, 5.74) is -0.110. The van der Waals surface area contributed by atoms with Crippen molar-refractivity contribution in [1.29, 1.82) is 0 Å². The lowest BCUT2D eigenvalue weighted by Crippen LogP contribution is -2.61. The van der Waals surface area contributed by atoms with Crippen molar-refractivity contribution < 1.29 is 73.4 Å². The van der Waals surface area contributed by atoms with E-state index in [0.29, 0.717) is 11.1 Å². The lowest BCUT2D eigenvalue weighted by Gasteiger charge is -2.41. The maximum absolute atomic E-state index is 13.9. The van der Waals surface area contributed by atoms with Gasteiger partial charge in [0.2, 0.25) is 17.5 Å². The Kier molecular flexibility index (Phi) is 11.4. The first kappa shape index (κ1) is 38.7. The van der Waals surface area contributed by atoms with Gasteiger partial charge in [-0.1, -0.05) is 18.2 Å². The third kappa shape index (κ3) is 8.68. The molecule has 1 aliphatic rings. The summed E-state index contributed by atoms with van der Waals surface area (Å²) >= 11 is 0. The van der Waals surface area contributed by atoms with Crippen molar-refractivity contribution in [1.82, 2.24) is 0 Å². The Bertz CT molecular complexity index is 2350. The highest BCUT2D eigenvalue weighted by Crippen LogP contribution is 2.38. The monoisotopic (exact) mass is 770 g/mol. The zero-order valence-electron chi connectivity index (χ0n) is 29.2. The van der Waals surface area contributed by atoms with E-state index in [0.717, 1.165) is 24.3 Å². The first-order valence-electron chi connectivity index (χ1n) is 16.7. The average molecular weight is 771 g/mol. The van der Waals surface area contributed by atoms with Crippen molar-refractivity contribution in [3.63, 3.8) is 0 Å². The number of benzene rings is 4. The Labute approximate surface area is 316 Å². The van der Waals surface area contributed by atoms with Crippen molar-refractivity contribution in [2.45, 2.75) is 30.7 Å². The van der Waals surface area contributed by atoms with Crippen molar-refractivity contribution in [2.75, 3.05) is 13.7 Å². The fourth-order valence-corrected chi connectivity index (χ4v) is 5.67. The van der Waals surface area contributed by atoms with E-state index in [2.05, 4.69) is 0 Å². The Hall–Kier alpha value is -7.01. The molecule has 6 rings (SSSR count). The van der Waals surface area contributed by atoms with E-state index in [-0.39, 0.29) is 39.9 Å². The van der Waals surface area contributed by atoms with Crippen LogP contribution >= 0.6 is 0 Å². The number of aromatic hydroxyl groups is 5. The standard InChI is InChI=1S/C40H34O16/c1-51-28-16-21(4-13-26(28)44)6-14-31(46)52-19-30-34(48)38(55-32(47)15-5-20-2-9-23(41)10-3-20)36(50)40(54-30)56-39-35(49)33-27(45)17-25(43)18-29(33)53-37(39)22-7-11-24(42)12-8-22/h2-18,30,34,36,38,40-45,48,50H,19H2,1H3/b14-6+,15-5?/t30-,34-,36-,38+,40+/m1/s1. The highest BCUT2D eigenvalue weighted by Gasteiger charge is 2.49. The van der Waals surface area contributed by atoms with Gasteiger partial charge in [0.05, 0.1) is 7.11 Å². The third-order valence-electron chi connectivity index (χ3n) is 8.49. The molecule has 7 N–H and O–H groups in total. The van der Waals surface area contributed by atoms with Crippen molar-refractivity contribution in [3.8, 4) is 51.6 Å². The van der Waals surface area contributed by atoms with Gasteiger partial charge >= 0.3 is 11.9 Å². The van der Waals surface area contributed by atoms with E-state index in [1.807, 2.05) is 0 Å². The highest BCUT2D eigenvalue weighted by atomic mass is 16.7. The zero-order chi connectivity index (χ0) is 40.1. The van der Waals surface area contributed by atoms with Crippen LogP contribution in [0.5, 0.6) is 40.2 Å². The van der Waals surface area contributed by atoms with Crippen molar-refractivity contribution in [2.24, 2.45) is 0 Å². The quantitative estimate of drug-likeness (QED) is 0.0747. The number of carbonyl (C=O) groups is 2. The number of rotatable bonds is 11. The SMILES string of the molecule is COc1cc(/C=C/C(=O)OC[C@H]2O[C@@H](Oc3c(-c4ccc(O)cc4)oc4cc(O)cc(O)c4c3=O)[C@H](O)[C@@H](OC(=O)C=Cc3ccc(O)cc3)[C@@H]2O)ccc1O. The van der Waals surface area contributed by atoms with Crippen LogP contribution in [0.2, 0.25) is 0 Å². The van der Waals surface area contributed by atoms with Gasteiger partial charge in [0, 0.05) is 29.8 Å². The number of fused-ring (bicyclic) bond motifs is 1. The van der Waals surface area contributed by atoms with Crippen LogP contribution in [-0.4, -0.2) is 92.1 Å². The molecule has 5 aromatic rings. The maximum atomic E-state index is 13.9. The van der Waals surface area contributed by atoms with Gasteiger partial charge in [-0.05, 0) is 71.8 Å². The average Bonchev–Trinajstić information content (AvgIpc) is 3.17. The molecule has 2 heterocycles. The third-order valence-corrected chi connectivity index (χ3v) is 8.49. The predicted molar refractivity (Wildman–Crippen MR) is 196 cm³/mol. The number of carbonyl (C=O) groups excluding carboxylic acids is 2. The van der Waals surface area contributed by atoms with Gasteiger partial charge in [0.1, 0.15) is 52.8 Å². The second-order valence-electron chi connectivity index (χ2n) is 12.3. The summed E-state index contributed by atoms with van der Waals surface area (Å²) in [5, 5.41) is 72.2. The lowest BCUT2D eigenvalue weighted by molar-refractivity contribution is -0.281. The molecule has 0 spiro atoms. The number of phenols is 5. The van der Waals surface area contributed by atoms with Gasteiger partial charge in [0.25, 0.3) is 0 Å². The normalized spacial score (nSPS) is 19.6. The molecule has 16 heteroatoms. The molecule has 0 saturated carbocycles. The minimum atomic E-state index is -2.01. The molecule has 0 amide bonds. The Morgan fingerprint density at radius 1 is 0.750 bits per heavy atom. The smallest absolute Gasteiger partial charge is 0.331 e. The van der Waals surface area contributed by atoms with Crippen LogP contribution < -0.4 is 14.9 Å². The van der Waals surface area contributed by atoms with E-state index in [1.165, 1.54) is 86.0 Å². The molecule has 4 aromatic carbocycles. The highest BCUT2D eigenvalue weighted by molar-refractivity contribution is 5.89. The molecule has 0 unspecified atom stereocenters. The molecule has 0 radical (unpaired) electrons. The van der Waals surface area contributed by atoms with Crippen molar-refractivity contribution >= 4 is 35.1 Å². The Balaban J connectivity index is 1.31. The fourth-order valence-electron chi connectivity index (χ4n) is 5.67. The van der Waals surface area contributed by atoms with E-state index in [4.69, 9.17) is 28.1 Å². The maximum Gasteiger partial charge on any atom is 0.331 e. The molecule has 56 heavy (non-hydrogen) atoms. The van der Waals surface area contributed by atoms with E-state index >= 15 is 0 Å². The predicted octanol–water partition coefficient (Wildman–Crippen LogP) is 3.70. The number of methoxy groups -OCH3 is 1. The van der Waals surface area contributed by atoms with Crippen LogP contribution in [0.4, 0.5) is 0 Å². The fraction of sp³-hybridized carbons (Fsp3) is 0.175. The van der Waals surface area contributed by atoms with Crippen LogP contribution in [0.1, 0.15) is 11.1 Å². The molecule has 1 fully saturated rings. The second-order valence-corrected chi connectivity index (χ2v) is 12.3. The molecule has 1 aromatic heterocycles. The van der Waals surface area contributed by atoms with Crippen LogP contribution in [0.3, 0.4) is 0 Å². The molecule has 0 aliphatic carbocycles. The van der Waals surface area contributed by atoms with Gasteiger partial charge in [-0.25, -0.2) is 9.59 Å². The number of phenolic OH excluding ortho intramolecular Hbond substituents is 5. The molecule has 16 nitrogen and oxygen atoms in total. The lowest BCUT2D eigenvalue weighted by atomic mass is 9.98. The topological polar surface area (TPSA) is 252 Å². The summed E-state index contributed by atoms with van der Waals surface area (Å²) in [6, 6.07) is 17.4. The second kappa shape index (κ2) is 16.6. The molecular weight excluding hydrogens is 736 g/mol. The van der Waals surface area contributed by atoms with Crippen LogP contribution in [0.25, 0.3) is 34.4 Å². The minimum Gasteiger partial charge on any atom is -0.508 e. The Morgan fingerprint density at radius 2 is 1.39 bits per heavy atom. The molecule has 0 bridgehead atoms. The number of ether oxygens (including phenoxy) is 5. The first-order chi connectivity index (χ1) is 26.8. The molecule has 5 atom stereocenters. The summed E-state index contributed by atoms with van der Waals surface area (Å²) in [7, 11) is 1.35. The van der Waals surface area contributed by atoms with Crippen LogP contribution in [0.15, 0.2) is 100 Å². The number of hydrogen-bond donors (Lipinski definition) is 7. The van der Waals surface area contributed by atoms with Crippen molar-refractivity contribution in [3.05, 3.63) is 112 Å². The number of aliphatic hydroxyl groups is 2. The number of esters is 2. The number of aliphatic hydroxyl groups excluding tert-OH is 2. The summed E-state index contributed by atoms with van der Waals surface area (Å²) in [5.74, 6) is -4.07. The minimum absolute atomic E-state index is 0.00517. The van der Waals surface area contributed by atoms with Crippen LogP contribution in [-0.2, 0) is 23.8 Å². The summed E-state index contributed by atoms with van der Waals surface area (Å²) in [6.45, 7) is -0.690. The summed E-state index contributed by atoms with van der Waals surface area (Å²) in [6.07, 6.45) is -4.41. The largest absolute Gasteiger partial charge is 0.508 e. The van der Waals surface area contributed by atoms with Crippen LogP contribution in [0, 0.1) is 0 Å². The van der Waals surface area contributed by atoms with E-state index < -0.39 is 77.3 Å². The first-order valence-corrected chi connectivity index (χ1v) is 16.7. The zero-order valence-corrected chi connectivity index (χ0v) is 29.2. The Morgan fingerprint density at radius 3 is 2.09 bits per heavy atom. The molecular formula is C40H34O16. The number of hydrogen-bond acceptors (Lipinski definition) is 16. The van der Waals surface area contributed by atoms with Gasteiger partial charge in [-0.2, -0.15) is 0 Å².